The molecule has 0 heterocycles. The number of hydrogen-bond acceptors (Lipinski definition) is 2. The number of carbonyl (C=O) groups excluding carboxylic acids is 1. The Labute approximate surface area is 119 Å². The summed E-state index contributed by atoms with van der Waals surface area (Å²) in [6.07, 6.45) is 0.266. The molecule has 0 aliphatic carbocycles. The molecule has 0 aliphatic rings. The fourth-order valence-corrected chi connectivity index (χ4v) is 1.84. The van der Waals surface area contributed by atoms with Gasteiger partial charge < -0.3 is 4.74 Å². The predicted molar refractivity (Wildman–Crippen MR) is 75.0 cm³/mol. The zero-order valence-corrected chi connectivity index (χ0v) is 11.7. The molecule has 0 aliphatic heterocycles. The fourth-order valence-electron chi connectivity index (χ4n) is 1.57. The summed E-state index contributed by atoms with van der Waals surface area (Å²) >= 11 is 3.33. The lowest BCUT2D eigenvalue weighted by molar-refractivity contribution is 0.0962. The Morgan fingerprint density at radius 2 is 1.68 bits per heavy atom. The summed E-state index contributed by atoms with van der Waals surface area (Å²) in [7, 11) is 0. The van der Waals surface area contributed by atoms with Gasteiger partial charge in [0.05, 0.1) is 6.61 Å². The van der Waals surface area contributed by atoms with Gasteiger partial charge in [0.25, 0.3) is 0 Å². The van der Waals surface area contributed by atoms with Crippen molar-refractivity contribution in [3.63, 3.8) is 0 Å². The Kier molecular flexibility index (Phi) is 4.68. The molecule has 2 aromatic carbocycles. The maximum atomic E-state index is 12.7. The maximum absolute atomic E-state index is 12.7. The Bertz CT molecular complexity index is 549. The van der Waals surface area contributed by atoms with Gasteiger partial charge in [0.2, 0.25) is 0 Å². The molecule has 0 saturated heterocycles. The van der Waals surface area contributed by atoms with Crippen molar-refractivity contribution < 1.29 is 13.9 Å². The van der Waals surface area contributed by atoms with Crippen LogP contribution in [0.5, 0.6) is 5.75 Å². The van der Waals surface area contributed by atoms with Crippen molar-refractivity contribution in [1.82, 2.24) is 0 Å². The highest BCUT2D eigenvalue weighted by atomic mass is 79.9. The minimum atomic E-state index is -0.345. The van der Waals surface area contributed by atoms with Crippen molar-refractivity contribution in [3.8, 4) is 5.75 Å². The smallest absolute Gasteiger partial charge is 0.166 e. The van der Waals surface area contributed by atoms with Crippen LogP contribution in [0.3, 0.4) is 0 Å². The molecule has 0 bridgehead atoms. The van der Waals surface area contributed by atoms with Gasteiger partial charge in [0, 0.05) is 16.5 Å². The van der Waals surface area contributed by atoms with E-state index in [2.05, 4.69) is 15.9 Å². The average Bonchev–Trinajstić information content (AvgIpc) is 2.41. The van der Waals surface area contributed by atoms with E-state index in [0.29, 0.717) is 12.2 Å². The largest absolute Gasteiger partial charge is 0.493 e. The van der Waals surface area contributed by atoms with Crippen LogP contribution in [0.2, 0.25) is 0 Å². The number of benzene rings is 2. The summed E-state index contributed by atoms with van der Waals surface area (Å²) in [6.45, 7) is 0.303. The van der Waals surface area contributed by atoms with Crippen LogP contribution in [0.1, 0.15) is 16.8 Å². The highest BCUT2D eigenvalue weighted by Gasteiger charge is 2.06. The van der Waals surface area contributed by atoms with Crippen molar-refractivity contribution in [2.45, 2.75) is 6.42 Å². The van der Waals surface area contributed by atoms with Crippen molar-refractivity contribution in [2.24, 2.45) is 0 Å². The SMILES string of the molecule is O=C(CCOc1ccc(Br)cc1)c1ccc(F)cc1. The normalized spacial score (nSPS) is 10.2. The second kappa shape index (κ2) is 6.48. The van der Waals surface area contributed by atoms with Gasteiger partial charge in [0.15, 0.2) is 5.78 Å². The number of rotatable bonds is 5. The molecule has 2 aromatic rings. The average molecular weight is 323 g/mol. The van der Waals surface area contributed by atoms with Crippen molar-refractivity contribution in [1.29, 1.82) is 0 Å². The van der Waals surface area contributed by atoms with E-state index in [1.54, 1.807) is 0 Å². The summed E-state index contributed by atoms with van der Waals surface area (Å²) in [4.78, 5) is 11.8. The molecule has 0 spiro atoms. The molecule has 19 heavy (non-hydrogen) atoms. The number of halogens is 2. The van der Waals surface area contributed by atoms with E-state index in [0.717, 1.165) is 10.2 Å². The van der Waals surface area contributed by atoms with Gasteiger partial charge in [-0.15, -0.1) is 0 Å². The molecular weight excluding hydrogens is 311 g/mol. The molecule has 4 heteroatoms. The Balaban J connectivity index is 1.84. The van der Waals surface area contributed by atoms with Gasteiger partial charge in [-0.1, -0.05) is 15.9 Å². The third kappa shape index (κ3) is 4.17. The zero-order chi connectivity index (χ0) is 13.7. The zero-order valence-electron chi connectivity index (χ0n) is 10.1. The monoisotopic (exact) mass is 322 g/mol. The van der Waals surface area contributed by atoms with Crippen LogP contribution in [0, 0.1) is 5.82 Å². The summed E-state index contributed by atoms with van der Waals surface area (Å²) in [5.41, 5.74) is 0.501. The molecule has 0 atom stereocenters. The van der Waals surface area contributed by atoms with Crippen LogP contribution in [-0.4, -0.2) is 12.4 Å². The molecular formula is C15H12BrFO2. The molecule has 98 valence electrons. The Morgan fingerprint density at radius 1 is 1.05 bits per heavy atom. The van der Waals surface area contributed by atoms with Gasteiger partial charge >= 0.3 is 0 Å². The van der Waals surface area contributed by atoms with E-state index in [1.165, 1.54) is 24.3 Å². The molecule has 2 rings (SSSR count). The van der Waals surface area contributed by atoms with Crippen LogP contribution < -0.4 is 4.74 Å². The lowest BCUT2D eigenvalue weighted by Crippen LogP contribution is -2.06. The van der Waals surface area contributed by atoms with E-state index in [-0.39, 0.29) is 18.0 Å². The number of ether oxygens (including phenoxy) is 1. The molecule has 0 aromatic heterocycles. The van der Waals surface area contributed by atoms with Crippen molar-refractivity contribution in [2.75, 3.05) is 6.61 Å². The Morgan fingerprint density at radius 3 is 2.32 bits per heavy atom. The molecule has 2 nitrogen and oxygen atoms in total. The highest BCUT2D eigenvalue weighted by Crippen LogP contribution is 2.16. The van der Waals surface area contributed by atoms with E-state index < -0.39 is 0 Å². The quantitative estimate of drug-likeness (QED) is 0.769. The predicted octanol–water partition coefficient (Wildman–Crippen LogP) is 4.24. The first-order chi connectivity index (χ1) is 9.15. The van der Waals surface area contributed by atoms with E-state index in [1.807, 2.05) is 24.3 Å². The summed E-state index contributed by atoms with van der Waals surface area (Å²) in [6, 6.07) is 12.9. The molecule has 0 saturated carbocycles. The van der Waals surface area contributed by atoms with Crippen LogP contribution >= 0.6 is 15.9 Å². The molecule has 0 unspecified atom stereocenters. The van der Waals surface area contributed by atoms with Gasteiger partial charge in [-0.3, -0.25) is 4.79 Å². The fraction of sp³-hybridized carbons (Fsp3) is 0.133. The number of ketones is 1. The first kappa shape index (κ1) is 13.7. The summed E-state index contributed by atoms with van der Waals surface area (Å²) in [5.74, 6) is 0.315. The first-order valence-corrected chi connectivity index (χ1v) is 6.61. The van der Waals surface area contributed by atoms with Gasteiger partial charge in [0.1, 0.15) is 11.6 Å². The van der Waals surface area contributed by atoms with E-state index >= 15 is 0 Å². The molecule has 0 amide bonds. The van der Waals surface area contributed by atoms with Crippen LogP contribution in [-0.2, 0) is 0 Å². The standard InChI is InChI=1S/C15H12BrFO2/c16-12-3-7-14(8-4-12)19-10-9-15(18)11-1-5-13(17)6-2-11/h1-8H,9-10H2. The van der Waals surface area contributed by atoms with Crippen LogP contribution in [0.15, 0.2) is 53.0 Å². The third-order valence-corrected chi connectivity index (χ3v) is 3.11. The van der Waals surface area contributed by atoms with E-state index in [9.17, 15) is 9.18 Å². The number of Topliss-reactive ketones (excluding diaryl/α,β-unsaturated/α-hetero) is 1. The Hall–Kier alpha value is -1.68. The van der Waals surface area contributed by atoms with Gasteiger partial charge in [-0.25, -0.2) is 4.39 Å². The third-order valence-electron chi connectivity index (χ3n) is 2.58. The minimum Gasteiger partial charge on any atom is -0.493 e. The molecule has 0 fully saturated rings. The molecule has 0 N–H and O–H groups in total. The lowest BCUT2D eigenvalue weighted by Gasteiger charge is -2.05. The molecule has 0 radical (unpaired) electrons. The topological polar surface area (TPSA) is 26.3 Å². The lowest BCUT2D eigenvalue weighted by atomic mass is 10.1. The highest BCUT2D eigenvalue weighted by molar-refractivity contribution is 9.10. The van der Waals surface area contributed by atoms with Crippen molar-refractivity contribution in [3.05, 3.63) is 64.4 Å². The first-order valence-electron chi connectivity index (χ1n) is 5.82. The second-order valence-corrected chi connectivity index (χ2v) is 4.90. The van der Waals surface area contributed by atoms with E-state index in [4.69, 9.17) is 4.74 Å². The summed E-state index contributed by atoms with van der Waals surface area (Å²) < 4.78 is 19.2. The van der Waals surface area contributed by atoms with Crippen LogP contribution in [0.25, 0.3) is 0 Å². The van der Waals surface area contributed by atoms with Crippen molar-refractivity contribution >= 4 is 21.7 Å². The second-order valence-electron chi connectivity index (χ2n) is 3.98. The summed E-state index contributed by atoms with van der Waals surface area (Å²) in [5, 5.41) is 0. The van der Waals surface area contributed by atoms with Gasteiger partial charge in [-0.05, 0) is 48.5 Å². The van der Waals surface area contributed by atoms with Crippen LogP contribution in [0.4, 0.5) is 4.39 Å². The maximum Gasteiger partial charge on any atom is 0.166 e. The van der Waals surface area contributed by atoms with Gasteiger partial charge in [-0.2, -0.15) is 0 Å². The number of carbonyl (C=O) groups is 1. The number of hydrogen-bond donors (Lipinski definition) is 0. The minimum absolute atomic E-state index is 0.0582.